The molecule has 216 valence electrons. The van der Waals surface area contributed by atoms with Crippen LogP contribution in [0.1, 0.15) is 23.0 Å². The van der Waals surface area contributed by atoms with Crippen LogP contribution in [0.4, 0.5) is 29.3 Å². The third kappa shape index (κ3) is 6.07. The molecule has 12 nitrogen and oxygen atoms in total. The second-order valence-electron chi connectivity index (χ2n) is 9.83. The molecule has 5 rings (SSSR count). The molecular weight excluding hydrogens is 545 g/mol. The van der Waals surface area contributed by atoms with Crippen molar-refractivity contribution in [2.24, 2.45) is 0 Å². The van der Waals surface area contributed by atoms with Crippen molar-refractivity contribution in [1.82, 2.24) is 30.2 Å². The van der Waals surface area contributed by atoms with E-state index in [0.29, 0.717) is 5.69 Å². The summed E-state index contributed by atoms with van der Waals surface area (Å²) in [5, 5.41) is 10.4. The summed E-state index contributed by atoms with van der Waals surface area (Å²) in [5.41, 5.74) is 0.583. The molecule has 1 N–H and O–H groups in total. The molecule has 3 aromatic rings. The minimum atomic E-state index is -0.885. The molecule has 0 unspecified atom stereocenters. The van der Waals surface area contributed by atoms with Gasteiger partial charge in [0.25, 0.3) is 5.91 Å². The van der Waals surface area contributed by atoms with Crippen LogP contribution in [0.5, 0.6) is 0 Å². The van der Waals surface area contributed by atoms with Gasteiger partial charge in [0.05, 0.1) is 30.0 Å². The zero-order chi connectivity index (χ0) is 29.3. The van der Waals surface area contributed by atoms with E-state index < -0.39 is 41.7 Å². The van der Waals surface area contributed by atoms with Gasteiger partial charge in [0.2, 0.25) is 11.9 Å². The average Bonchev–Trinajstić information content (AvgIpc) is 3.52. The van der Waals surface area contributed by atoms with Gasteiger partial charge in [-0.05, 0) is 26.0 Å². The minimum Gasteiger partial charge on any atom is -0.442 e. The summed E-state index contributed by atoms with van der Waals surface area (Å²) in [6.07, 6.45) is 1.47. The molecule has 2 aliphatic heterocycles. The summed E-state index contributed by atoms with van der Waals surface area (Å²) in [6.45, 7) is 4.25. The number of halogens is 3. The van der Waals surface area contributed by atoms with Crippen molar-refractivity contribution in [3.63, 3.8) is 0 Å². The van der Waals surface area contributed by atoms with E-state index in [-0.39, 0.29) is 62.1 Å². The largest absolute Gasteiger partial charge is 0.442 e. The molecule has 0 spiro atoms. The van der Waals surface area contributed by atoms with Crippen molar-refractivity contribution in [1.29, 1.82) is 0 Å². The van der Waals surface area contributed by atoms with Gasteiger partial charge in [-0.2, -0.15) is 4.39 Å². The Kier molecular flexibility index (Phi) is 7.77. The van der Waals surface area contributed by atoms with E-state index in [9.17, 15) is 18.8 Å². The molecule has 0 radical (unpaired) electrons. The van der Waals surface area contributed by atoms with Crippen LogP contribution in [0.25, 0.3) is 0 Å². The Morgan fingerprint density at radius 2 is 1.83 bits per heavy atom. The maximum atomic E-state index is 15.2. The van der Waals surface area contributed by atoms with Crippen LogP contribution in [0, 0.1) is 24.5 Å². The average molecular weight is 573 g/mol. The van der Waals surface area contributed by atoms with Gasteiger partial charge in [0.15, 0.2) is 11.6 Å². The number of piperazine rings is 1. The van der Waals surface area contributed by atoms with Crippen molar-refractivity contribution in [3.8, 4) is 0 Å². The number of rotatable bonds is 7. The molecule has 2 saturated heterocycles. The Hall–Kier alpha value is -4.69. The van der Waals surface area contributed by atoms with E-state index in [4.69, 9.17) is 4.74 Å². The Morgan fingerprint density at radius 3 is 2.44 bits per heavy atom. The number of hydrogen-bond donors (Lipinski definition) is 1. The fourth-order valence-electron chi connectivity index (χ4n) is 4.81. The lowest BCUT2D eigenvalue weighted by molar-refractivity contribution is -0.133. The van der Waals surface area contributed by atoms with Crippen LogP contribution in [0.3, 0.4) is 0 Å². The van der Waals surface area contributed by atoms with E-state index in [1.807, 2.05) is 0 Å². The number of aromatic nitrogens is 4. The number of hydrogen-bond acceptors (Lipinski definition) is 8. The highest BCUT2D eigenvalue weighted by Crippen LogP contribution is 2.32. The van der Waals surface area contributed by atoms with Crippen molar-refractivity contribution in [2.75, 3.05) is 42.5 Å². The van der Waals surface area contributed by atoms with Gasteiger partial charge in [-0.25, -0.2) is 23.2 Å². The van der Waals surface area contributed by atoms with Gasteiger partial charge in [-0.3, -0.25) is 14.5 Å². The Bertz CT molecular complexity index is 1440. The van der Waals surface area contributed by atoms with E-state index in [0.717, 1.165) is 24.4 Å². The zero-order valence-corrected chi connectivity index (χ0v) is 22.3. The number of aryl methyl sites for hydroxylation is 1. The van der Waals surface area contributed by atoms with E-state index >= 15 is 8.78 Å². The molecule has 1 aromatic carbocycles. The van der Waals surface area contributed by atoms with Crippen LogP contribution < -0.4 is 15.1 Å². The Labute approximate surface area is 232 Å². The quantitative estimate of drug-likeness (QED) is 0.426. The van der Waals surface area contributed by atoms with E-state index in [1.165, 1.54) is 32.4 Å². The first kappa shape index (κ1) is 27.9. The number of pyridine rings is 1. The second-order valence-corrected chi connectivity index (χ2v) is 9.83. The van der Waals surface area contributed by atoms with Gasteiger partial charge in [0, 0.05) is 50.7 Å². The maximum absolute atomic E-state index is 15.2. The third-order valence-corrected chi connectivity index (χ3v) is 6.85. The van der Waals surface area contributed by atoms with Gasteiger partial charge < -0.3 is 19.9 Å². The van der Waals surface area contributed by atoms with Crippen molar-refractivity contribution >= 4 is 29.3 Å². The molecule has 0 bridgehead atoms. The first-order valence-electron chi connectivity index (χ1n) is 12.9. The summed E-state index contributed by atoms with van der Waals surface area (Å²) in [5.74, 6) is -3.38. The molecule has 41 heavy (non-hydrogen) atoms. The number of cyclic esters (lactones) is 1. The number of ether oxygens (including phenoxy) is 1. The number of nitrogens with zero attached hydrogens (tertiary/aromatic N) is 7. The Morgan fingerprint density at radius 1 is 1.12 bits per heavy atom. The number of amides is 3. The van der Waals surface area contributed by atoms with Crippen LogP contribution in [-0.4, -0.2) is 87.7 Å². The van der Waals surface area contributed by atoms with Gasteiger partial charge >= 0.3 is 6.09 Å². The van der Waals surface area contributed by atoms with Crippen molar-refractivity contribution in [3.05, 3.63) is 65.5 Å². The summed E-state index contributed by atoms with van der Waals surface area (Å²) in [7, 11) is 0. The molecule has 3 amide bonds. The number of carbonyl (C=O) groups excluding carboxylic acids is 3. The lowest BCUT2D eigenvalue weighted by Gasteiger charge is -2.37. The third-order valence-electron chi connectivity index (χ3n) is 6.85. The van der Waals surface area contributed by atoms with Gasteiger partial charge in [-0.15, -0.1) is 5.10 Å². The number of carbonyl (C=O) groups is 3. The smallest absolute Gasteiger partial charge is 0.414 e. The number of anilines is 2. The number of benzene rings is 1. The van der Waals surface area contributed by atoms with Gasteiger partial charge in [0.1, 0.15) is 17.8 Å². The molecule has 2 fully saturated rings. The topological polar surface area (TPSA) is 126 Å². The van der Waals surface area contributed by atoms with Gasteiger partial charge in [-0.1, -0.05) is 5.21 Å². The molecule has 2 atom stereocenters. The first-order valence-corrected chi connectivity index (χ1v) is 12.9. The summed E-state index contributed by atoms with van der Waals surface area (Å²) in [4.78, 5) is 45.2. The van der Waals surface area contributed by atoms with E-state index in [2.05, 4.69) is 20.6 Å². The number of nitrogens with one attached hydrogen (secondary N) is 1. The summed E-state index contributed by atoms with van der Waals surface area (Å²) in [6, 6.07) is 3.58. The van der Waals surface area contributed by atoms with Crippen molar-refractivity contribution < 1.29 is 32.3 Å². The van der Waals surface area contributed by atoms with Crippen LogP contribution in [0.2, 0.25) is 0 Å². The molecule has 2 aliphatic rings. The molecule has 0 aliphatic carbocycles. The standard InChI is InChI=1S/C26H27F3N8O4/c1-15-12-36(33-32-15)13-19-14-37(26(40)41-19)18-9-20(27)23(21(28)10-18)34-5-7-35(8-6-34)25(39)16(2)31-24(38)17-3-4-22(29)30-11-17/h3-4,9-12,16,19H,5-8,13-14H2,1-2H3,(H,31,38)/t16-,19-/m0/s1. The lowest BCUT2D eigenvalue weighted by Crippen LogP contribution is -2.54. The van der Waals surface area contributed by atoms with E-state index in [1.54, 1.807) is 13.1 Å². The lowest BCUT2D eigenvalue weighted by atomic mass is 10.1. The van der Waals surface area contributed by atoms with Crippen molar-refractivity contribution in [2.45, 2.75) is 32.5 Å². The predicted molar refractivity (Wildman–Crippen MR) is 139 cm³/mol. The first-order chi connectivity index (χ1) is 19.6. The molecule has 15 heteroatoms. The fourth-order valence-corrected chi connectivity index (χ4v) is 4.81. The molecule has 0 saturated carbocycles. The molecule has 4 heterocycles. The molecular formula is C26H27F3N8O4. The summed E-state index contributed by atoms with van der Waals surface area (Å²) >= 11 is 0. The maximum Gasteiger partial charge on any atom is 0.414 e. The second kappa shape index (κ2) is 11.4. The normalized spacial score (nSPS) is 17.9. The predicted octanol–water partition coefficient (Wildman–Crippen LogP) is 1.89. The zero-order valence-electron chi connectivity index (χ0n) is 22.3. The fraction of sp³-hybridized carbons (Fsp3) is 0.385. The highest BCUT2D eigenvalue weighted by Gasteiger charge is 2.35. The monoisotopic (exact) mass is 572 g/mol. The van der Waals surface area contributed by atoms with Crippen LogP contribution >= 0.6 is 0 Å². The highest BCUT2D eigenvalue weighted by atomic mass is 19.1. The Balaban J connectivity index is 1.18. The highest BCUT2D eigenvalue weighted by molar-refractivity contribution is 5.97. The summed E-state index contributed by atoms with van der Waals surface area (Å²) < 4.78 is 50.3. The molecule has 2 aromatic heterocycles. The SMILES string of the molecule is Cc1cn(C[C@H]2CN(c3cc(F)c(N4CCN(C(=O)[C@H](C)NC(=O)c5ccc(F)nc5)CC4)c(F)c3)C(=O)O2)nn1. The van der Waals surface area contributed by atoms with Crippen LogP contribution in [-0.2, 0) is 16.1 Å². The minimum absolute atomic E-state index is 0.0285. The van der Waals surface area contributed by atoms with Crippen LogP contribution in [0.15, 0.2) is 36.7 Å².